The number of halogens is 3. The molecule has 1 aromatic heterocycles. The summed E-state index contributed by atoms with van der Waals surface area (Å²) >= 11 is 0. The molecule has 0 fully saturated rings. The lowest BCUT2D eigenvalue weighted by Crippen LogP contribution is -2.39. The number of benzene rings is 3. The second-order valence-electron chi connectivity index (χ2n) is 6.77. The summed E-state index contributed by atoms with van der Waals surface area (Å²) in [7, 11) is -8.11. The molecule has 4 nitrogen and oxygen atoms in total. The topological polar surface area (TPSA) is 70.1 Å². The van der Waals surface area contributed by atoms with Gasteiger partial charge in [0.1, 0.15) is 15.9 Å². The Hall–Kier alpha value is -3.06. The number of hydrogen-bond donors (Lipinski definition) is 0. The van der Waals surface area contributed by atoms with E-state index in [1.165, 1.54) is 15.9 Å². The third kappa shape index (κ3) is 5.47. The molecule has 0 saturated carbocycles. The number of pyridine rings is 1. The van der Waals surface area contributed by atoms with Gasteiger partial charge in [-0.3, -0.25) is 0 Å². The van der Waals surface area contributed by atoms with Crippen LogP contribution in [0.1, 0.15) is 0 Å². The van der Waals surface area contributed by atoms with Gasteiger partial charge in [-0.25, -0.2) is 13.4 Å². The van der Waals surface area contributed by atoms with Gasteiger partial charge in [-0.15, -0.1) is 0 Å². The van der Waals surface area contributed by atoms with Gasteiger partial charge in [0.15, 0.2) is 22.8 Å². The maximum Gasteiger partial charge on any atom is 0.485 e. The van der Waals surface area contributed by atoms with Crippen LogP contribution in [0.25, 0.3) is 0 Å². The lowest BCUT2D eigenvalue weighted by atomic mass is 10.4. The summed E-state index contributed by atoms with van der Waals surface area (Å²) < 4.78 is 58.9. The zero-order valence-electron chi connectivity index (χ0n) is 17.1. The van der Waals surface area contributed by atoms with Crippen LogP contribution in [0.5, 0.6) is 0 Å². The molecule has 0 aliphatic heterocycles. The van der Waals surface area contributed by atoms with Gasteiger partial charge in [-0.05, 0) is 42.5 Å². The van der Waals surface area contributed by atoms with Crippen molar-refractivity contribution in [2.75, 3.05) is 0 Å². The van der Waals surface area contributed by atoms with Gasteiger partial charge >= 0.3 is 5.51 Å². The first-order valence-electron chi connectivity index (χ1n) is 9.67. The van der Waals surface area contributed by atoms with Gasteiger partial charge in [0.25, 0.3) is 0 Å². The molecule has 0 aliphatic rings. The highest BCUT2D eigenvalue weighted by Gasteiger charge is 2.49. The summed E-state index contributed by atoms with van der Waals surface area (Å²) in [5, 5.41) is 3.98. The standard InChI is InChI=1S/C23H19NP.CHF3O3S/c1-4-12-20(13-5-1)25(21-14-6-2-7-15-21,22-16-8-3-9-17-22)23-18-10-11-19-24-23;2-1(3,4)8(5,6)7/h1-19H;(H,5,6,7)/q+1;/p-1. The molecular weight excluding hydrogens is 470 g/mol. The quantitative estimate of drug-likeness (QED) is 0.249. The van der Waals surface area contributed by atoms with Crippen LogP contribution in [0.15, 0.2) is 115 Å². The predicted molar refractivity (Wildman–Crippen MR) is 125 cm³/mol. The zero-order chi connectivity index (χ0) is 24.0. The molecule has 4 aromatic rings. The first-order chi connectivity index (χ1) is 15.7. The molecule has 0 radical (unpaired) electrons. The van der Waals surface area contributed by atoms with Crippen LogP contribution in [0.4, 0.5) is 13.2 Å². The van der Waals surface area contributed by atoms with Crippen LogP contribution in [0.2, 0.25) is 0 Å². The van der Waals surface area contributed by atoms with Crippen LogP contribution >= 0.6 is 7.26 Å². The highest BCUT2D eigenvalue weighted by atomic mass is 32.2. The van der Waals surface area contributed by atoms with Crippen LogP contribution in [-0.2, 0) is 10.1 Å². The summed E-state index contributed by atoms with van der Waals surface area (Å²) in [4.78, 5) is 4.83. The lowest BCUT2D eigenvalue weighted by molar-refractivity contribution is -0.0517. The van der Waals surface area contributed by atoms with Crippen LogP contribution in [-0.4, -0.2) is 23.5 Å². The normalized spacial score (nSPS) is 11.9. The summed E-state index contributed by atoms with van der Waals surface area (Å²) in [6, 6.07) is 38.6. The SMILES string of the molecule is O=S(=O)([O-])C(F)(F)F.c1ccc([P+](c2ccccc2)(c2ccccc2)c2ccccn2)cc1. The van der Waals surface area contributed by atoms with Crippen molar-refractivity contribution in [3.8, 4) is 0 Å². The van der Waals surface area contributed by atoms with Crippen molar-refractivity contribution in [1.29, 1.82) is 0 Å². The van der Waals surface area contributed by atoms with Crippen molar-refractivity contribution in [3.63, 3.8) is 0 Å². The second kappa shape index (κ2) is 10.3. The summed E-state index contributed by atoms with van der Waals surface area (Å²) in [5.74, 6) is 0. The van der Waals surface area contributed by atoms with E-state index in [0.717, 1.165) is 5.44 Å². The van der Waals surface area contributed by atoms with Gasteiger partial charge in [0, 0.05) is 12.3 Å². The monoisotopic (exact) mass is 489 g/mol. The van der Waals surface area contributed by atoms with E-state index in [2.05, 4.69) is 103 Å². The molecule has 0 atom stereocenters. The predicted octanol–water partition coefficient (Wildman–Crippen LogP) is 3.75. The van der Waals surface area contributed by atoms with E-state index in [1.807, 2.05) is 12.3 Å². The van der Waals surface area contributed by atoms with Crippen molar-refractivity contribution in [2.24, 2.45) is 0 Å². The molecular formula is C24H19F3NO3PS. The fourth-order valence-corrected chi connectivity index (χ4v) is 7.45. The van der Waals surface area contributed by atoms with Crippen LogP contribution < -0.4 is 21.3 Å². The number of nitrogens with zero attached hydrogens (tertiary/aromatic N) is 1. The van der Waals surface area contributed by atoms with Gasteiger partial charge in [-0.1, -0.05) is 60.7 Å². The summed E-state index contributed by atoms with van der Waals surface area (Å²) in [6.07, 6.45) is 1.90. The minimum Gasteiger partial charge on any atom is -0.741 e. The molecule has 170 valence electrons. The van der Waals surface area contributed by atoms with Gasteiger partial charge in [0.05, 0.1) is 0 Å². The number of alkyl halides is 3. The minimum absolute atomic E-state index is 1.14. The molecule has 0 aliphatic carbocycles. The molecule has 0 bridgehead atoms. The number of hydrogen-bond acceptors (Lipinski definition) is 4. The Bertz CT molecular complexity index is 1090. The molecule has 1 heterocycles. The number of rotatable bonds is 4. The van der Waals surface area contributed by atoms with E-state index >= 15 is 0 Å². The Morgan fingerprint density at radius 3 is 1.24 bits per heavy atom. The molecule has 0 unspecified atom stereocenters. The largest absolute Gasteiger partial charge is 0.741 e. The molecule has 0 amide bonds. The molecule has 33 heavy (non-hydrogen) atoms. The van der Waals surface area contributed by atoms with Crippen LogP contribution in [0, 0.1) is 0 Å². The smallest absolute Gasteiger partial charge is 0.485 e. The van der Waals surface area contributed by atoms with E-state index < -0.39 is 22.9 Å². The molecule has 9 heteroatoms. The Morgan fingerprint density at radius 1 is 0.636 bits per heavy atom. The third-order valence-electron chi connectivity index (χ3n) is 4.71. The van der Waals surface area contributed by atoms with E-state index in [-0.39, 0.29) is 0 Å². The minimum atomic E-state index is -6.09. The van der Waals surface area contributed by atoms with Crippen molar-refractivity contribution < 1.29 is 26.1 Å². The van der Waals surface area contributed by atoms with Crippen LogP contribution in [0.3, 0.4) is 0 Å². The number of aromatic nitrogens is 1. The van der Waals surface area contributed by atoms with Gasteiger partial charge in [-0.2, -0.15) is 13.2 Å². The third-order valence-corrected chi connectivity index (χ3v) is 9.44. The molecule has 0 N–H and O–H groups in total. The van der Waals surface area contributed by atoms with E-state index in [0.29, 0.717) is 0 Å². The highest BCUT2D eigenvalue weighted by molar-refractivity contribution is 8.01. The highest BCUT2D eigenvalue weighted by Crippen LogP contribution is 2.53. The molecule has 4 rings (SSSR count). The fourth-order valence-electron chi connectivity index (χ4n) is 3.35. The maximum atomic E-state index is 10.7. The fraction of sp³-hybridized carbons (Fsp3) is 0.0417. The zero-order valence-corrected chi connectivity index (χ0v) is 18.8. The van der Waals surface area contributed by atoms with Crippen molar-refractivity contribution >= 4 is 38.7 Å². The molecule has 3 aromatic carbocycles. The maximum absolute atomic E-state index is 10.7. The van der Waals surface area contributed by atoms with E-state index in [9.17, 15) is 13.2 Å². The average Bonchev–Trinajstić information content (AvgIpc) is 2.82. The van der Waals surface area contributed by atoms with Gasteiger partial charge < -0.3 is 4.55 Å². The summed E-state index contributed by atoms with van der Waals surface area (Å²) in [5.41, 5.74) is -4.51. The first kappa shape index (κ1) is 24.6. The van der Waals surface area contributed by atoms with Crippen molar-refractivity contribution in [3.05, 3.63) is 115 Å². The van der Waals surface area contributed by atoms with Crippen molar-refractivity contribution in [2.45, 2.75) is 5.51 Å². The molecule has 0 saturated heterocycles. The van der Waals surface area contributed by atoms with Crippen molar-refractivity contribution in [1.82, 2.24) is 4.98 Å². The Balaban J connectivity index is 0.000000331. The first-order valence-corrected chi connectivity index (χ1v) is 12.9. The average molecular weight is 489 g/mol. The van der Waals surface area contributed by atoms with E-state index in [4.69, 9.17) is 18.0 Å². The second-order valence-corrected chi connectivity index (χ2v) is 11.5. The Kier molecular flexibility index (Phi) is 7.64. The van der Waals surface area contributed by atoms with E-state index in [1.54, 1.807) is 0 Å². The lowest BCUT2D eigenvalue weighted by Gasteiger charge is -2.26. The Morgan fingerprint density at radius 2 is 0.970 bits per heavy atom. The van der Waals surface area contributed by atoms with Gasteiger partial charge in [0.2, 0.25) is 0 Å². The Labute approximate surface area is 190 Å². The summed E-state index contributed by atoms with van der Waals surface area (Å²) in [6.45, 7) is 0. The molecule has 0 spiro atoms.